The normalized spacial score (nSPS) is 13.8. The fraction of sp³-hybridized carbons (Fsp3) is 0.364. The summed E-state index contributed by atoms with van der Waals surface area (Å²) in [6.07, 6.45) is 4.01. The molecule has 29 heavy (non-hydrogen) atoms. The minimum atomic E-state index is -0.158. The van der Waals surface area contributed by atoms with Crippen LogP contribution < -0.4 is 10.1 Å². The van der Waals surface area contributed by atoms with Crippen molar-refractivity contribution in [2.45, 2.75) is 32.1 Å². The number of benzene rings is 2. The summed E-state index contributed by atoms with van der Waals surface area (Å²) in [7, 11) is 0. The lowest BCUT2D eigenvalue weighted by atomic mass is 10.1. The number of likely N-dealkylation sites (tertiary alicyclic amines) is 1. The zero-order chi connectivity index (χ0) is 20.6. The van der Waals surface area contributed by atoms with Crippen LogP contribution in [-0.2, 0) is 4.79 Å². The average Bonchev–Trinajstić information content (AvgIpc) is 2.73. The number of anilines is 1. The Morgan fingerprint density at radius 2 is 1.79 bits per heavy atom. The Morgan fingerprint density at radius 3 is 2.55 bits per heavy atom. The maximum absolute atomic E-state index is 12.8. The quantitative estimate of drug-likeness (QED) is 0.591. The Hall–Kier alpha value is -2.24. The van der Waals surface area contributed by atoms with Crippen molar-refractivity contribution in [2.24, 2.45) is 0 Å². The van der Waals surface area contributed by atoms with E-state index in [9.17, 15) is 9.59 Å². The number of hydrogen-bond donors (Lipinski definition) is 1. The molecule has 0 aromatic heterocycles. The Kier molecular flexibility index (Phi) is 7.78. The van der Waals surface area contributed by atoms with Crippen LogP contribution in [0.15, 0.2) is 42.5 Å². The van der Waals surface area contributed by atoms with Crippen LogP contribution in [0.2, 0.25) is 10.0 Å². The lowest BCUT2D eigenvalue weighted by molar-refractivity contribution is -0.116. The Labute approximate surface area is 180 Å². The van der Waals surface area contributed by atoms with Crippen molar-refractivity contribution < 1.29 is 14.3 Å². The predicted molar refractivity (Wildman–Crippen MR) is 116 cm³/mol. The first-order valence-corrected chi connectivity index (χ1v) is 10.6. The van der Waals surface area contributed by atoms with Crippen molar-refractivity contribution in [3.05, 3.63) is 58.1 Å². The molecule has 3 rings (SSSR count). The molecule has 0 atom stereocenters. The van der Waals surface area contributed by atoms with E-state index in [4.69, 9.17) is 27.9 Å². The fourth-order valence-corrected chi connectivity index (χ4v) is 3.73. The van der Waals surface area contributed by atoms with Gasteiger partial charge in [0.2, 0.25) is 5.91 Å². The molecule has 2 aromatic rings. The molecular weight excluding hydrogens is 411 g/mol. The summed E-state index contributed by atoms with van der Waals surface area (Å²) in [5.41, 5.74) is 1.08. The molecule has 1 heterocycles. The molecule has 2 amide bonds. The molecule has 1 N–H and O–H groups in total. The molecule has 5 nitrogen and oxygen atoms in total. The van der Waals surface area contributed by atoms with Gasteiger partial charge in [0.25, 0.3) is 5.91 Å². The van der Waals surface area contributed by atoms with E-state index in [-0.39, 0.29) is 18.2 Å². The fourth-order valence-electron chi connectivity index (χ4n) is 3.27. The van der Waals surface area contributed by atoms with E-state index in [0.29, 0.717) is 40.1 Å². The molecule has 0 saturated carbocycles. The minimum absolute atomic E-state index is 0.0266. The lowest BCUT2D eigenvalue weighted by Gasteiger charge is -2.27. The van der Waals surface area contributed by atoms with Crippen LogP contribution in [0.1, 0.15) is 42.5 Å². The summed E-state index contributed by atoms with van der Waals surface area (Å²) < 4.78 is 5.60. The molecule has 2 aromatic carbocycles. The van der Waals surface area contributed by atoms with Crippen LogP contribution in [-0.4, -0.2) is 36.4 Å². The lowest BCUT2D eigenvalue weighted by Crippen LogP contribution is -2.36. The van der Waals surface area contributed by atoms with Gasteiger partial charge in [-0.1, -0.05) is 35.3 Å². The van der Waals surface area contributed by atoms with Crippen LogP contribution in [0.4, 0.5) is 5.69 Å². The number of carbonyl (C=O) groups is 2. The molecule has 0 spiro atoms. The standard InChI is InChI=1S/C22H24Cl2N2O3/c23-16-10-11-20(18(24)15-16)29-14-6-9-21(27)25-19-8-3-2-7-17(19)22(28)26-12-4-1-5-13-26/h2-3,7-8,10-11,15H,1,4-6,9,12-14H2,(H,25,27). The number of nitrogens with one attached hydrogen (secondary N) is 1. The van der Waals surface area contributed by atoms with E-state index < -0.39 is 0 Å². The molecule has 0 bridgehead atoms. The predicted octanol–water partition coefficient (Wildman–Crippen LogP) is 5.42. The number of para-hydroxylation sites is 1. The van der Waals surface area contributed by atoms with Crippen molar-refractivity contribution in [1.29, 1.82) is 0 Å². The number of hydrogen-bond acceptors (Lipinski definition) is 3. The molecular formula is C22H24Cl2N2O3. The Bertz CT molecular complexity index is 867. The van der Waals surface area contributed by atoms with Crippen LogP contribution >= 0.6 is 23.2 Å². The van der Waals surface area contributed by atoms with E-state index in [2.05, 4.69) is 5.32 Å². The molecule has 7 heteroatoms. The van der Waals surface area contributed by atoms with Gasteiger partial charge in [0.05, 0.1) is 22.9 Å². The molecule has 1 saturated heterocycles. The third-order valence-corrected chi connectivity index (χ3v) is 5.30. The highest BCUT2D eigenvalue weighted by Gasteiger charge is 2.21. The topological polar surface area (TPSA) is 58.6 Å². The maximum atomic E-state index is 12.8. The number of halogens is 2. The van der Waals surface area contributed by atoms with Crippen molar-refractivity contribution in [2.75, 3.05) is 25.0 Å². The van der Waals surface area contributed by atoms with E-state index >= 15 is 0 Å². The third-order valence-electron chi connectivity index (χ3n) is 4.77. The summed E-state index contributed by atoms with van der Waals surface area (Å²) in [4.78, 5) is 27.0. The van der Waals surface area contributed by atoms with Gasteiger partial charge in [-0.2, -0.15) is 0 Å². The first-order valence-electron chi connectivity index (χ1n) is 9.80. The molecule has 0 radical (unpaired) electrons. The van der Waals surface area contributed by atoms with Crippen LogP contribution in [0.3, 0.4) is 0 Å². The van der Waals surface area contributed by atoms with Crippen molar-refractivity contribution in [3.8, 4) is 5.75 Å². The molecule has 0 unspecified atom stereocenters. The van der Waals surface area contributed by atoms with E-state index in [1.165, 1.54) is 0 Å². The van der Waals surface area contributed by atoms with Gasteiger partial charge < -0.3 is 15.0 Å². The van der Waals surface area contributed by atoms with Gasteiger partial charge in [0.1, 0.15) is 5.75 Å². The maximum Gasteiger partial charge on any atom is 0.255 e. The van der Waals surface area contributed by atoms with Crippen molar-refractivity contribution in [3.63, 3.8) is 0 Å². The monoisotopic (exact) mass is 434 g/mol. The van der Waals surface area contributed by atoms with Gasteiger partial charge in [-0.25, -0.2) is 0 Å². The molecule has 154 valence electrons. The van der Waals surface area contributed by atoms with Gasteiger partial charge in [-0.05, 0) is 56.0 Å². The molecule has 1 aliphatic heterocycles. The number of ether oxygens (including phenoxy) is 1. The number of carbonyl (C=O) groups excluding carboxylic acids is 2. The second-order valence-corrected chi connectivity index (χ2v) is 7.82. The molecule has 1 fully saturated rings. The summed E-state index contributed by atoms with van der Waals surface area (Å²) in [6, 6.07) is 12.2. The minimum Gasteiger partial charge on any atom is -0.492 e. The van der Waals surface area contributed by atoms with Crippen LogP contribution in [0.25, 0.3) is 0 Å². The zero-order valence-electron chi connectivity index (χ0n) is 16.1. The highest BCUT2D eigenvalue weighted by molar-refractivity contribution is 6.35. The summed E-state index contributed by atoms with van der Waals surface area (Å²) in [5, 5.41) is 3.84. The average molecular weight is 435 g/mol. The first kappa shape index (κ1) is 21.5. The smallest absolute Gasteiger partial charge is 0.255 e. The van der Waals surface area contributed by atoms with Gasteiger partial charge in [0.15, 0.2) is 0 Å². The van der Waals surface area contributed by atoms with Crippen molar-refractivity contribution >= 4 is 40.7 Å². The van der Waals surface area contributed by atoms with E-state index in [0.717, 1.165) is 32.4 Å². The van der Waals surface area contributed by atoms with E-state index in [1.807, 2.05) is 17.0 Å². The first-order chi connectivity index (χ1) is 14.0. The van der Waals surface area contributed by atoms with Gasteiger partial charge in [-0.3, -0.25) is 9.59 Å². The largest absolute Gasteiger partial charge is 0.492 e. The Balaban J connectivity index is 1.51. The summed E-state index contributed by atoms with van der Waals surface area (Å²) in [6.45, 7) is 1.89. The van der Waals surface area contributed by atoms with Crippen LogP contribution in [0, 0.1) is 0 Å². The second-order valence-electron chi connectivity index (χ2n) is 6.97. The number of rotatable bonds is 7. The second kappa shape index (κ2) is 10.5. The summed E-state index contributed by atoms with van der Waals surface area (Å²) >= 11 is 11.9. The van der Waals surface area contributed by atoms with Gasteiger partial charge >= 0.3 is 0 Å². The van der Waals surface area contributed by atoms with Crippen LogP contribution in [0.5, 0.6) is 5.75 Å². The van der Waals surface area contributed by atoms with Crippen molar-refractivity contribution in [1.82, 2.24) is 4.90 Å². The molecule has 0 aliphatic carbocycles. The highest BCUT2D eigenvalue weighted by atomic mass is 35.5. The SMILES string of the molecule is O=C(CCCOc1ccc(Cl)cc1Cl)Nc1ccccc1C(=O)N1CCCCC1. The third kappa shape index (κ3) is 6.12. The molecule has 1 aliphatic rings. The van der Waals surface area contributed by atoms with E-state index in [1.54, 1.807) is 30.3 Å². The zero-order valence-corrected chi connectivity index (χ0v) is 17.6. The number of amides is 2. The Morgan fingerprint density at radius 1 is 1.03 bits per heavy atom. The number of nitrogens with zero attached hydrogens (tertiary/aromatic N) is 1. The van der Waals surface area contributed by atoms with Gasteiger partial charge in [0, 0.05) is 24.5 Å². The van der Waals surface area contributed by atoms with Gasteiger partial charge in [-0.15, -0.1) is 0 Å². The highest BCUT2D eigenvalue weighted by Crippen LogP contribution is 2.27. The number of piperidine rings is 1. The summed E-state index contributed by atoms with van der Waals surface area (Å²) in [5.74, 6) is 0.352.